The number of hydrogen-bond donors (Lipinski definition) is 0. The Labute approximate surface area is 117 Å². The summed E-state index contributed by atoms with van der Waals surface area (Å²) < 4.78 is 3.88. The van der Waals surface area contributed by atoms with Gasteiger partial charge in [0.1, 0.15) is 5.69 Å². The molecule has 5 heteroatoms. The summed E-state index contributed by atoms with van der Waals surface area (Å²) in [4.78, 5) is 4.02. The molecule has 20 heavy (non-hydrogen) atoms. The zero-order chi connectivity index (χ0) is 13.8. The average Bonchev–Trinajstić information content (AvgIpc) is 3.11. The van der Waals surface area contributed by atoms with E-state index in [1.54, 1.807) is 12.5 Å². The minimum atomic E-state index is 0.713. The largest absolute Gasteiger partial charge is 0.331 e. The maximum absolute atomic E-state index is 4.18. The standard InChI is InChI=1S/C15H17N5/c1-13-2-4-14(5-3-13)6-8-20-11-15(17-18-20)10-19-9-7-16-12-19/h2-5,7,9,11-12H,6,8,10H2,1H3. The van der Waals surface area contributed by atoms with E-state index in [0.29, 0.717) is 6.54 Å². The number of nitrogens with zero attached hydrogens (tertiary/aromatic N) is 5. The molecule has 0 unspecified atom stereocenters. The number of rotatable bonds is 5. The molecule has 0 aliphatic rings. The van der Waals surface area contributed by atoms with Gasteiger partial charge < -0.3 is 4.57 Å². The molecule has 0 aliphatic heterocycles. The smallest absolute Gasteiger partial charge is 0.102 e. The minimum Gasteiger partial charge on any atom is -0.331 e. The highest BCUT2D eigenvalue weighted by Crippen LogP contribution is 2.05. The van der Waals surface area contributed by atoms with Gasteiger partial charge in [-0.15, -0.1) is 5.10 Å². The molecule has 0 fully saturated rings. The Hall–Kier alpha value is -2.43. The molecule has 0 aliphatic carbocycles. The molecule has 5 nitrogen and oxygen atoms in total. The fourth-order valence-corrected chi connectivity index (χ4v) is 2.09. The van der Waals surface area contributed by atoms with Gasteiger partial charge in [-0.1, -0.05) is 35.0 Å². The predicted molar refractivity (Wildman–Crippen MR) is 76.2 cm³/mol. The second-order valence-corrected chi connectivity index (χ2v) is 4.94. The molecule has 3 rings (SSSR count). The normalized spacial score (nSPS) is 10.8. The lowest BCUT2D eigenvalue weighted by molar-refractivity contribution is 0.589. The lowest BCUT2D eigenvalue weighted by Crippen LogP contribution is -2.02. The van der Waals surface area contributed by atoms with Gasteiger partial charge in [-0.05, 0) is 18.9 Å². The van der Waals surface area contributed by atoms with Gasteiger partial charge in [-0.25, -0.2) is 4.98 Å². The van der Waals surface area contributed by atoms with E-state index >= 15 is 0 Å². The van der Waals surface area contributed by atoms with Crippen molar-refractivity contribution in [3.8, 4) is 0 Å². The molecule has 0 amide bonds. The van der Waals surface area contributed by atoms with Crippen LogP contribution in [0, 0.1) is 6.92 Å². The summed E-state index contributed by atoms with van der Waals surface area (Å²) >= 11 is 0. The summed E-state index contributed by atoms with van der Waals surface area (Å²) in [7, 11) is 0. The first-order chi connectivity index (χ1) is 9.79. The molecule has 1 aromatic carbocycles. The first kappa shape index (κ1) is 12.6. The van der Waals surface area contributed by atoms with Crippen molar-refractivity contribution in [3.63, 3.8) is 0 Å². The van der Waals surface area contributed by atoms with Crippen LogP contribution in [0.5, 0.6) is 0 Å². The molecular formula is C15H17N5. The molecule has 0 saturated carbocycles. The third kappa shape index (κ3) is 3.12. The number of aryl methyl sites for hydroxylation is 3. The van der Waals surface area contributed by atoms with Crippen LogP contribution in [0.4, 0.5) is 0 Å². The molecule has 0 saturated heterocycles. The first-order valence-corrected chi connectivity index (χ1v) is 6.70. The van der Waals surface area contributed by atoms with Crippen molar-refractivity contribution < 1.29 is 0 Å². The van der Waals surface area contributed by atoms with Crippen LogP contribution in [-0.4, -0.2) is 24.5 Å². The fourth-order valence-electron chi connectivity index (χ4n) is 2.09. The topological polar surface area (TPSA) is 48.5 Å². The second-order valence-electron chi connectivity index (χ2n) is 4.94. The van der Waals surface area contributed by atoms with E-state index in [4.69, 9.17) is 0 Å². The van der Waals surface area contributed by atoms with E-state index in [2.05, 4.69) is 46.5 Å². The van der Waals surface area contributed by atoms with Gasteiger partial charge >= 0.3 is 0 Å². The molecule has 0 atom stereocenters. The molecule has 0 radical (unpaired) electrons. The molecule has 0 N–H and O–H groups in total. The molecule has 0 bridgehead atoms. The van der Waals surface area contributed by atoms with Gasteiger partial charge in [0.2, 0.25) is 0 Å². The summed E-state index contributed by atoms with van der Waals surface area (Å²) in [6, 6.07) is 8.61. The van der Waals surface area contributed by atoms with Crippen LogP contribution in [0.1, 0.15) is 16.8 Å². The van der Waals surface area contributed by atoms with E-state index in [9.17, 15) is 0 Å². The second kappa shape index (κ2) is 5.69. The van der Waals surface area contributed by atoms with Crippen LogP contribution in [-0.2, 0) is 19.5 Å². The van der Waals surface area contributed by atoms with Crippen molar-refractivity contribution in [1.29, 1.82) is 0 Å². The third-order valence-corrected chi connectivity index (χ3v) is 3.24. The fraction of sp³-hybridized carbons (Fsp3) is 0.267. The van der Waals surface area contributed by atoms with Crippen molar-refractivity contribution in [3.05, 3.63) is 66.0 Å². The van der Waals surface area contributed by atoms with Crippen molar-refractivity contribution in [2.24, 2.45) is 0 Å². The van der Waals surface area contributed by atoms with Crippen LogP contribution in [0.3, 0.4) is 0 Å². The van der Waals surface area contributed by atoms with Gasteiger partial charge in [0.15, 0.2) is 0 Å². The average molecular weight is 267 g/mol. The lowest BCUT2D eigenvalue weighted by Gasteiger charge is -2.02. The number of aromatic nitrogens is 5. The molecule has 2 aromatic heterocycles. The quantitative estimate of drug-likeness (QED) is 0.711. The van der Waals surface area contributed by atoms with Gasteiger partial charge in [-0.3, -0.25) is 4.68 Å². The van der Waals surface area contributed by atoms with Gasteiger partial charge in [0, 0.05) is 18.9 Å². The Kier molecular flexibility index (Phi) is 3.58. The van der Waals surface area contributed by atoms with Crippen molar-refractivity contribution in [2.45, 2.75) is 26.4 Å². The van der Waals surface area contributed by atoms with Crippen LogP contribution in [0.2, 0.25) is 0 Å². The van der Waals surface area contributed by atoms with Crippen LogP contribution in [0.15, 0.2) is 49.2 Å². The molecule has 2 heterocycles. The Balaban J connectivity index is 1.58. The van der Waals surface area contributed by atoms with Crippen molar-refractivity contribution in [2.75, 3.05) is 0 Å². The van der Waals surface area contributed by atoms with Gasteiger partial charge in [0.25, 0.3) is 0 Å². The van der Waals surface area contributed by atoms with Crippen molar-refractivity contribution >= 4 is 0 Å². The van der Waals surface area contributed by atoms with E-state index in [1.165, 1.54) is 11.1 Å². The Bertz CT molecular complexity index is 652. The number of benzene rings is 1. The van der Waals surface area contributed by atoms with E-state index in [0.717, 1.165) is 18.7 Å². The molecule has 3 aromatic rings. The zero-order valence-corrected chi connectivity index (χ0v) is 11.5. The Morgan fingerprint density at radius 1 is 1.15 bits per heavy atom. The predicted octanol–water partition coefficient (Wildman–Crippen LogP) is 2.07. The highest BCUT2D eigenvalue weighted by molar-refractivity contribution is 5.21. The molecule has 102 valence electrons. The summed E-state index contributed by atoms with van der Waals surface area (Å²) in [5.41, 5.74) is 3.56. The van der Waals surface area contributed by atoms with Crippen LogP contribution < -0.4 is 0 Å². The summed E-state index contributed by atoms with van der Waals surface area (Å²) in [6.45, 7) is 3.66. The summed E-state index contributed by atoms with van der Waals surface area (Å²) in [5.74, 6) is 0. The van der Waals surface area contributed by atoms with Gasteiger partial charge in [0.05, 0.1) is 19.1 Å². The summed E-state index contributed by atoms with van der Waals surface area (Å²) in [5, 5.41) is 8.34. The third-order valence-electron chi connectivity index (χ3n) is 3.24. The van der Waals surface area contributed by atoms with Crippen molar-refractivity contribution in [1.82, 2.24) is 24.5 Å². The number of imidazole rings is 1. The first-order valence-electron chi connectivity index (χ1n) is 6.70. The van der Waals surface area contributed by atoms with Crippen LogP contribution >= 0.6 is 0 Å². The zero-order valence-electron chi connectivity index (χ0n) is 11.5. The Morgan fingerprint density at radius 2 is 2.00 bits per heavy atom. The maximum atomic E-state index is 4.18. The monoisotopic (exact) mass is 267 g/mol. The SMILES string of the molecule is Cc1ccc(CCn2cc(Cn3ccnc3)nn2)cc1. The van der Waals surface area contributed by atoms with Crippen LogP contribution in [0.25, 0.3) is 0 Å². The van der Waals surface area contributed by atoms with Gasteiger partial charge in [-0.2, -0.15) is 0 Å². The van der Waals surface area contributed by atoms with E-state index in [-0.39, 0.29) is 0 Å². The molecular weight excluding hydrogens is 250 g/mol. The lowest BCUT2D eigenvalue weighted by atomic mass is 10.1. The summed E-state index contributed by atoms with van der Waals surface area (Å²) in [6.07, 6.45) is 8.43. The van der Waals surface area contributed by atoms with E-state index < -0.39 is 0 Å². The maximum Gasteiger partial charge on any atom is 0.102 e. The number of hydrogen-bond acceptors (Lipinski definition) is 3. The molecule has 0 spiro atoms. The minimum absolute atomic E-state index is 0.713. The Morgan fingerprint density at radius 3 is 2.75 bits per heavy atom. The van der Waals surface area contributed by atoms with E-state index in [1.807, 2.05) is 21.6 Å². The highest BCUT2D eigenvalue weighted by Gasteiger charge is 2.02. The highest BCUT2D eigenvalue weighted by atomic mass is 15.4.